The van der Waals surface area contributed by atoms with E-state index in [0.29, 0.717) is 0 Å². The van der Waals surface area contributed by atoms with Crippen molar-refractivity contribution in [3.05, 3.63) is 0 Å². The molecule has 0 spiro atoms. The fourth-order valence-corrected chi connectivity index (χ4v) is 2.27. The Morgan fingerprint density at radius 1 is 1.38 bits per heavy atom. The van der Waals surface area contributed by atoms with Gasteiger partial charge < -0.3 is 9.64 Å². The Hall–Kier alpha value is -0.0800. The van der Waals surface area contributed by atoms with Gasteiger partial charge in [0.15, 0.2) is 0 Å². The van der Waals surface area contributed by atoms with Crippen LogP contribution in [0.5, 0.6) is 0 Å². The smallest absolute Gasteiger partial charge is 0.0593 e. The number of nitrogens with zero attached hydrogens (tertiary/aromatic N) is 1. The molecule has 0 aromatic carbocycles. The largest absolute Gasteiger partial charge is 0.380 e. The molecule has 2 heteroatoms. The van der Waals surface area contributed by atoms with Gasteiger partial charge in [0.25, 0.3) is 0 Å². The molecular weight excluding hydrogens is 162 g/mol. The normalized spacial score (nSPS) is 32.5. The van der Waals surface area contributed by atoms with Crippen LogP contribution in [-0.4, -0.2) is 37.7 Å². The van der Waals surface area contributed by atoms with E-state index >= 15 is 0 Å². The van der Waals surface area contributed by atoms with Gasteiger partial charge in [0.1, 0.15) is 0 Å². The van der Waals surface area contributed by atoms with Gasteiger partial charge in [0.2, 0.25) is 0 Å². The zero-order valence-corrected chi connectivity index (χ0v) is 8.67. The van der Waals surface area contributed by atoms with E-state index < -0.39 is 0 Å². The van der Waals surface area contributed by atoms with Crippen molar-refractivity contribution in [2.24, 2.45) is 11.8 Å². The maximum Gasteiger partial charge on any atom is 0.0593 e. The second-order valence-electron chi connectivity index (χ2n) is 4.74. The molecule has 0 aromatic rings. The molecule has 1 unspecified atom stereocenters. The molecule has 76 valence electrons. The minimum Gasteiger partial charge on any atom is -0.380 e. The van der Waals surface area contributed by atoms with E-state index in [0.717, 1.165) is 31.6 Å². The standard InChI is InChI=1S/C11H21NO/c1-10-7-12(5-6-13-9-10)8-11-3-2-4-11/h10-11H,2-9H2,1H3. The second-order valence-corrected chi connectivity index (χ2v) is 4.74. The van der Waals surface area contributed by atoms with Crippen LogP contribution in [0.2, 0.25) is 0 Å². The van der Waals surface area contributed by atoms with Crippen molar-refractivity contribution in [1.29, 1.82) is 0 Å². The number of ether oxygens (including phenoxy) is 1. The van der Waals surface area contributed by atoms with Crippen LogP contribution < -0.4 is 0 Å². The van der Waals surface area contributed by atoms with Crippen molar-refractivity contribution in [1.82, 2.24) is 4.90 Å². The summed E-state index contributed by atoms with van der Waals surface area (Å²) in [5, 5.41) is 0. The summed E-state index contributed by atoms with van der Waals surface area (Å²) in [5.41, 5.74) is 0. The Kier molecular flexibility index (Phi) is 3.23. The number of hydrogen-bond acceptors (Lipinski definition) is 2. The lowest BCUT2D eigenvalue weighted by molar-refractivity contribution is 0.123. The van der Waals surface area contributed by atoms with Crippen LogP contribution in [0.1, 0.15) is 26.2 Å². The van der Waals surface area contributed by atoms with Gasteiger partial charge in [-0.2, -0.15) is 0 Å². The average Bonchev–Trinajstić information content (AvgIpc) is 2.22. The molecule has 1 aliphatic heterocycles. The minimum absolute atomic E-state index is 0.725. The van der Waals surface area contributed by atoms with Gasteiger partial charge in [0, 0.05) is 19.6 Å². The molecule has 2 rings (SSSR count). The monoisotopic (exact) mass is 183 g/mol. The predicted molar refractivity (Wildman–Crippen MR) is 53.8 cm³/mol. The highest BCUT2D eigenvalue weighted by molar-refractivity contribution is 4.75. The predicted octanol–water partition coefficient (Wildman–Crippen LogP) is 1.75. The van der Waals surface area contributed by atoms with Crippen molar-refractivity contribution >= 4 is 0 Å². The van der Waals surface area contributed by atoms with Gasteiger partial charge in [-0.25, -0.2) is 0 Å². The summed E-state index contributed by atoms with van der Waals surface area (Å²) in [5.74, 6) is 1.73. The van der Waals surface area contributed by atoms with E-state index in [-0.39, 0.29) is 0 Å². The second kappa shape index (κ2) is 4.43. The highest BCUT2D eigenvalue weighted by Gasteiger charge is 2.22. The first kappa shape index (κ1) is 9.47. The van der Waals surface area contributed by atoms with Crippen LogP contribution in [0, 0.1) is 11.8 Å². The topological polar surface area (TPSA) is 12.5 Å². The first-order valence-electron chi connectivity index (χ1n) is 5.64. The molecule has 1 heterocycles. The third kappa shape index (κ3) is 2.68. The van der Waals surface area contributed by atoms with Crippen LogP contribution in [0.25, 0.3) is 0 Å². The van der Waals surface area contributed by atoms with Gasteiger partial charge in [-0.3, -0.25) is 0 Å². The summed E-state index contributed by atoms with van der Waals surface area (Å²) in [6.45, 7) is 7.92. The van der Waals surface area contributed by atoms with Crippen LogP contribution in [0.3, 0.4) is 0 Å². The molecule has 0 amide bonds. The lowest BCUT2D eigenvalue weighted by Crippen LogP contribution is -2.35. The highest BCUT2D eigenvalue weighted by atomic mass is 16.5. The quantitative estimate of drug-likeness (QED) is 0.647. The van der Waals surface area contributed by atoms with Gasteiger partial charge in [0.05, 0.1) is 13.2 Å². The van der Waals surface area contributed by atoms with E-state index in [9.17, 15) is 0 Å². The first-order chi connectivity index (χ1) is 6.34. The van der Waals surface area contributed by atoms with Gasteiger partial charge >= 0.3 is 0 Å². The molecule has 0 N–H and O–H groups in total. The van der Waals surface area contributed by atoms with E-state index in [1.807, 2.05) is 0 Å². The molecule has 2 nitrogen and oxygen atoms in total. The van der Waals surface area contributed by atoms with Crippen molar-refractivity contribution in [3.8, 4) is 0 Å². The molecule has 2 aliphatic rings. The summed E-state index contributed by atoms with van der Waals surface area (Å²) in [7, 11) is 0. The van der Waals surface area contributed by atoms with Crippen molar-refractivity contribution in [2.45, 2.75) is 26.2 Å². The maximum atomic E-state index is 5.53. The molecule has 2 fully saturated rings. The van der Waals surface area contributed by atoms with Crippen molar-refractivity contribution < 1.29 is 4.74 Å². The summed E-state index contributed by atoms with van der Waals surface area (Å²) >= 11 is 0. The molecule has 1 atom stereocenters. The zero-order chi connectivity index (χ0) is 9.10. The van der Waals surface area contributed by atoms with E-state index in [1.54, 1.807) is 0 Å². The summed E-state index contributed by atoms with van der Waals surface area (Å²) < 4.78 is 5.53. The zero-order valence-electron chi connectivity index (χ0n) is 8.67. The van der Waals surface area contributed by atoms with Crippen LogP contribution >= 0.6 is 0 Å². The lowest BCUT2D eigenvalue weighted by Gasteiger charge is -2.32. The SMILES string of the molecule is CC1COCCN(CC2CCC2)C1. The number of rotatable bonds is 2. The van der Waals surface area contributed by atoms with Crippen LogP contribution in [-0.2, 0) is 4.74 Å². The first-order valence-corrected chi connectivity index (χ1v) is 5.64. The molecule has 13 heavy (non-hydrogen) atoms. The molecular formula is C11H21NO. The average molecular weight is 183 g/mol. The van der Waals surface area contributed by atoms with Crippen molar-refractivity contribution in [2.75, 3.05) is 32.8 Å². The fraction of sp³-hybridized carbons (Fsp3) is 1.00. The number of hydrogen-bond donors (Lipinski definition) is 0. The molecule has 1 saturated heterocycles. The Balaban J connectivity index is 1.75. The highest BCUT2D eigenvalue weighted by Crippen LogP contribution is 2.27. The molecule has 0 radical (unpaired) electrons. The molecule has 0 aromatic heterocycles. The van der Waals surface area contributed by atoms with E-state index in [4.69, 9.17) is 4.74 Å². The van der Waals surface area contributed by atoms with Gasteiger partial charge in [-0.15, -0.1) is 0 Å². The Bertz CT molecular complexity index is 156. The van der Waals surface area contributed by atoms with Crippen LogP contribution in [0.15, 0.2) is 0 Å². The third-order valence-corrected chi connectivity index (χ3v) is 3.27. The van der Waals surface area contributed by atoms with E-state index in [2.05, 4.69) is 11.8 Å². The maximum absolute atomic E-state index is 5.53. The molecule has 1 saturated carbocycles. The van der Waals surface area contributed by atoms with Gasteiger partial charge in [-0.1, -0.05) is 13.3 Å². The van der Waals surface area contributed by atoms with E-state index in [1.165, 1.54) is 32.4 Å². The fourth-order valence-electron chi connectivity index (χ4n) is 2.27. The Morgan fingerprint density at radius 3 is 2.92 bits per heavy atom. The summed E-state index contributed by atoms with van der Waals surface area (Å²) in [4.78, 5) is 2.60. The summed E-state index contributed by atoms with van der Waals surface area (Å²) in [6.07, 6.45) is 4.39. The Labute approximate surface area is 81.3 Å². The molecule has 0 bridgehead atoms. The van der Waals surface area contributed by atoms with Gasteiger partial charge in [-0.05, 0) is 24.7 Å². The minimum atomic E-state index is 0.725. The molecule has 1 aliphatic carbocycles. The van der Waals surface area contributed by atoms with Crippen molar-refractivity contribution in [3.63, 3.8) is 0 Å². The van der Waals surface area contributed by atoms with Crippen LogP contribution in [0.4, 0.5) is 0 Å². The third-order valence-electron chi connectivity index (χ3n) is 3.27. The summed E-state index contributed by atoms with van der Waals surface area (Å²) in [6, 6.07) is 0. The Morgan fingerprint density at radius 2 is 2.23 bits per heavy atom. The lowest BCUT2D eigenvalue weighted by atomic mass is 9.85.